The van der Waals surface area contributed by atoms with Gasteiger partial charge in [-0.05, 0) is 39.7 Å². The number of carbonyl (C=O) groups is 2. The molecule has 0 bridgehead atoms. The Hall–Kier alpha value is -2.44. The summed E-state index contributed by atoms with van der Waals surface area (Å²) in [7, 11) is 0. The van der Waals surface area contributed by atoms with E-state index in [1.807, 2.05) is 26.8 Å². The topological polar surface area (TPSA) is 96.6 Å². The number of nitrogens with one attached hydrogen (secondary N) is 1. The van der Waals surface area contributed by atoms with Crippen molar-refractivity contribution in [2.45, 2.75) is 52.9 Å². The molecule has 0 aliphatic rings. The number of aryl methyl sites for hydroxylation is 3. The highest BCUT2D eigenvalue weighted by atomic mass is 16.4. The molecule has 2 aromatic rings. The normalized spacial score (nSPS) is 11.0. The number of carboxylic acid groups (broad SMARTS) is 1. The van der Waals surface area contributed by atoms with E-state index in [1.54, 1.807) is 4.52 Å². The highest BCUT2D eigenvalue weighted by Gasteiger charge is 2.19. The van der Waals surface area contributed by atoms with Crippen molar-refractivity contribution >= 4 is 17.5 Å². The van der Waals surface area contributed by atoms with Gasteiger partial charge in [-0.2, -0.15) is 5.10 Å². The van der Waals surface area contributed by atoms with Crippen molar-refractivity contribution < 1.29 is 14.7 Å². The predicted molar refractivity (Wildman–Crippen MR) is 90.3 cm³/mol. The molecule has 0 aliphatic carbocycles. The number of aliphatic carboxylic acids is 1. The summed E-state index contributed by atoms with van der Waals surface area (Å²) in [5.41, 5.74) is 3.57. The summed E-state index contributed by atoms with van der Waals surface area (Å²) >= 11 is 0. The standard InChI is InChI=1S/C17H24N4O3/c1-11-10-12(2)21-16(19-11)15(13(3)20-21)17(24)18-9-7-5-4-6-8-14(22)23/h10H,4-9H2,1-3H3,(H,18,24)(H,22,23). The number of hydrogen-bond donors (Lipinski definition) is 2. The minimum atomic E-state index is -0.759. The molecule has 7 heteroatoms. The third-order valence-electron chi connectivity index (χ3n) is 3.90. The van der Waals surface area contributed by atoms with Crippen LogP contribution in [0.2, 0.25) is 0 Å². The van der Waals surface area contributed by atoms with Crippen LogP contribution in [0.15, 0.2) is 6.07 Å². The maximum Gasteiger partial charge on any atom is 0.303 e. The van der Waals surface area contributed by atoms with Crippen LogP contribution in [0, 0.1) is 20.8 Å². The molecular weight excluding hydrogens is 308 g/mol. The lowest BCUT2D eigenvalue weighted by Gasteiger charge is -2.05. The Morgan fingerprint density at radius 3 is 2.58 bits per heavy atom. The molecule has 2 rings (SSSR count). The van der Waals surface area contributed by atoms with E-state index in [2.05, 4.69) is 15.4 Å². The number of fused-ring (bicyclic) bond motifs is 1. The van der Waals surface area contributed by atoms with Crippen molar-refractivity contribution in [3.8, 4) is 0 Å². The van der Waals surface area contributed by atoms with E-state index in [1.165, 1.54) is 0 Å². The zero-order chi connectivity index (χ0) is 17.7. The van der Waals surface area contributed by atoms with Gasteiger partial charge in [0.2, 0.25) is 0 Å². The fraction of sp³-hybridized carbons (Fsp3) is 0.529. The third kappa shape index (κ3) is 4.31. The molecule has 2 N–H and O–H groups in total. The van der Waals surface area contributed by atoms with Crippen LogP contribution in [-0.4, -0.2) is 38.1 Å². The van der Waals surface area contributed by atoms with Crippen molar-refractivity contribution in [1.29, 1.82) is 0 Å². The van der Waals surface area contributed by atoms with E-state index in [-0.39, 0.29) is 12.3 Å². The second-order valence-corrected chi connectivity index (χ2v) is 6.05. The van der Waals surface area contributed by atoms with Crippen molar-refractivity contribution in [2.24, 2.45) is 0 Å². The van der Waals surface area contributed by atoms with Crippen LogP contribution in [0.3, 0.4) is 0 Å². The highest BCUT2D eigenvalue weighted by Crippen LogP contribution is 2.16. The van der Waals surface area contributed by atoms with Gasteiger partial charge < -0.3 is 10.4 Å². The SMILES string of the molecule is Cc1cc(C)n2nc(C)c(C(=O)NCCCCCCC(=O)O)c2n1. The van der Waals surface area contributed by atoms with E-state index in [0.29, 0.717) is 29.9 Å². The van der Waals surface area contributed by atoms with Gasteiger partial charge in [0.1, 0.15) is 5.56 Å². The number of hydrogen-bond acceptors (Lipinski definition) is 4. The molecule has 0 aliphatic heterocycles. The minimum absolute atomic E-state index is 0.162. The Labute approximate surface area is 141 Å². The summed E-state index contributed by atoms with van der Waals surface area (Å²) in [6.45, 7) is 6.21. The second-order valence-electron chi connectivity index (χ2n) is 6.05. The van der Waals surface area contributed by atoms with Gasteiger partial charge in [0, 0.05) is 24.4 Å². The Kier molecular flexibility index (Phi) is 5.89. The van der Waals surface area contributed by atoms with Crippen LogP contribution in [-0.2, 0) is 4.79 Å². The quantitative estimate of drug-likeness (QED) is 0.724. The molecule has 2 heterocycles. The van der Waals surface area contributed by atoms with Gasteiger partial charge in [-0.15, -0.1) is 0 Å². The molecule has 24 heavy (non-hydrogen) atoms. The van der Waals surface area contributed by atoms with Crippen LogP contribution >= 0.6 is 0 Å². The first-order valence-electron chi connectivity index (χ1n) is 8.23. The number of nitrogens with zero attached hydrogens (tertiary/aromatic N) is 3. The first kappa shape index (κ1) is 17.9. The maximum atomic E-state index is 12.5. The van der Waals surface area contributed by atoms with Crippen LogP contribution in [0.1, 0.15) is 59.5 Å². The Morgan fingerprint density at radius 2 is 1.88 bits per heavy atom. The van der Waals surface area contributed by atoms with E-state index in [9.17, 15) is 9.59 Å². The summed E-state index contributed by atoms with van der Waals surface area (Å²) in [6, 6.07) is 1.93. The average Bonchev–Trinajstić information content (AvgIpc) is 2.82. The Balaban J connectivity index is 1.92. The summed E-state index contributed by atoms with van der Waals surface area (Å²) in [6.07, 6.45) is 3.47. The first-order chi connectivity index (χ1) is 11.4. The fourth-order valence-corrected chi connectivity index (χ4v) is 2.74. The van der Waals surface area contributed by atoms with Crippen LogP contribution < -0.4 is 5.32 Å². The molecule has 0 fully saturated rings. The van der Waals surface area contributed by atoms with Gasteiger partial charge in [0.25, 0.3) is 5.91 Å². The zero-order valence-corrected chi connectivity index (χ0v) is 14.4. The summed E-state index contributed by atoms with van der Waals surface area (Å²) in [4.78, 5) is 27.3. The molecule has 0 radical (unpaired) electrons. The third-order valence-corrected chi connectivity index (χ3v) is 3.90. The van der Waals surface area contributed by atoms with Crippen molar-refractivity contribution in [3.05, 3.63) is 28.7 Å². The number of aromatic nitrogens is 3. The monoisotopic (exact) mass is 332 g/mol. The minimum Gasteiger partial charge on any atom is -0.481 e. The maximum absolute atomic E-state index is 12.5. The van der Waals surface area contributed by atoms with Gasteiger partial charge in [-0.3, -0.25) is 9.59 Å². The molecule has 130 valence electrons. The Morgan fingerprint density at radius 1 is 1.17 bits per heavy atom. The predicted octanol–water partition coefficient (Wildman–Crippen LogP) is 2.42. The van der Waals surface area contributed by atoms with E-state index in [0.717, 1.165) is 30.7 Å². The number of carbonyl (C=O) groups excluding carboxylic acids is 1. The highest BCUT2D eigenvalue weighted by molar-refractivity contribution is 6.01. The van der Waals surface area contributed by atoms with Gasteiger partial charge >= 0.3 is 5.97 Å². The molecule has 0 spiro atoms. The molecule has 0 unspecified atom stereocenters. The van der Waals surface area contributed by atoms with Crippen LogP contribution in [0.4, 0.5) is 0 Å². The van der Waals surface area contributed by atoms with Gasteiger partial charge in [0.05, 0.1) is 5.69 Å². The van der Waals surface area contributed by atoms with Gasteiger partial charge in [-0.25, -0.2) is 9.50 Å². The zero-order valence-electron chi connectivity index (χ0n) is 14.4. The number of unbranched alkanes of at least 4 members (excludes halogenated alkanes) is 3. The molecule has 0 saturated heterocycles. The van der Waals surface area contributed by atoms with E-state index >= 15 is 0 Å². The summed E-state index contributed by atoms with van der Waals surface area (Å²) in [5.74, 6) is -0.921. The van der Waals surface area contributed by atoms with Crippen molar-refractivity contribution in [2.75, 3.05) is 6.54 Å². The smallest absolute Gasteiger partial charge is 0.303 e. The largest absolute Gasteiger partial charge is 0.481 e. The molecule has 1 amide bonds. The summed E-state index contributed by atoms with van der Waals surface area (Å²) < 4.78 is 1.70. The van der Waals surface area contributed by atoms with E-state index in [4.69, 9.17) is 5.11 Å². The molecule has 0 saturated carbocycles. The average molecular weight is 332 g/mol. The van der Waals surface area contributed by atoms with Crippen LogP contribution in [0.5, 0.6) is 0 Å². The van der Waals surface area contributed by atoms with Gasteiger partial charge in [-0.1, -0.05) is 12.8 Å². The molecule has 2 aromatic heterocycles. The second kappa shape index (κ2) is 7.90. The first-order valence-corrected chi connectivity index (χ1v) is 8.23. The molecular formula is C17H24N4O3. The fourth-order valence-electron chi connectivity index (χ4n) is 2.74. The lowest BCUT2D eigenvalue weighted by molar-refractivity contribution is -0.137. The number of rotatable bonds is 8. The van der Waals surface area contributed by atoms with E-state index < -0.39 is 5.97 Å². The number of carboxylic acids is 1. The molecule has 7 nitrogen and oxygen atoms in total. The molecule has 0 aromatic carbocycles. The van der Waals surface area contributed by atoms with Crippen molar-refractivity contribution in [1.82, 2.24) is 19.9 Å². The summed E-state index contributed by atoms with van der Waals surface area (Å²) in [5, 5.41) is 15.9. The van der Waals surface area contributed by atoms with Gasteiger partial charge in [0.15, 0.2) is 5.65 Å². The molecule has 0 atom stereocenters. The lowest BCUT2D eigenvalue weighted by Crippen LogP contribution is -2.25. The van der Waals surface area contributed by atoms with Crippen molar-refractivity contribution in [3.63, 3.8) is 0 Å². The lowest BCUT2D eigenvalue weighted by atomic mass is 10.1. The Bertz CT molecular complexity index is 752. The number of amides is 1. The van der Waals surface area contributed by atoms with Crippen LogP contribution in [0.25, 0.3) is 5.65 Å².